The minimum Gasteiger partial charge on any atom is -0.393 e. The second-order valence-corrected chi connectivity index (χ2v) is 4.15. The van der Waals surface area contributed by atoms with E-state index in [4.69, 9.17) is 4.74 Å². The van der Waals surface area contributed by atoms with Crippen LogP contribution in [-0.4, -0.2) is 47.3 Å². The second-order valence-electron chi connectivity index (χ2n) is 4.15. The van der Waals surface area contributed by atoms with Crippen LogP contribution in [0.4, 0.5) is 0 Å². The number of aliphatic hydroxyl groups is 1. The summed E-state index contributed by atoms with van der Waals surface area (Å²) in [7, 11) is 0. The van der Waals surface area contributed by atoms with Crippen molar-refractivity contribution in [1.82, 2.24) is 15.4 Å². The number of hydrazine groups is 1. The number of carbonyl (C=O) groups is 1. The molecule has 2 rings (SSSR count). The molecule has 0 aromatic carbocycles. The number of nitrogens with one attached hydrogen (secondary N) is 1. The monoisotopic (exact) mass is 263 g/mol. The number of hydrogen-bond donors (Lipinski definition) is 2. The highest BCUT2D eigenvalue weighted by molar-refractivity contribution is 5.87. The van der Waals surface area contributed by atoms with Crippen molar-refractivity contribution in [2.75, 3.05) is 26.3 Å². The van der Waals surface area contributed by atoms with E-state index in [2.05, 4.69) is 10.4 Å². The largest absolute Gasteiger partial charge is 0.393 e. The fourth-order valence-corrected chi connectivity index (χ4v) is 1.80. The van der Waals surface area contributed by atoms with Crippen LogP contribution in [-0.2, 0) is 9.53 Å². The van der Waals surface area contributed by atoms with Crippen molar-refractivity contribution in [3.63, 3.8) is 0 Å². The van der Waals surface area contributed by atoms with Crippen molar-refractivity contribution < 1.29 is 14.6 Å². The molecule has 2 N–H and O–H groups in total. The standard InChI is InChI=1S/C13H17N3O3/c17-10-12(11-3-1-5-14-9-11)19-8-7-16-6-2-4-13(18)15-16/h1-5,9,12,17H,6-8,10H2,(H,15,18). The summed E-state index contributed by atoms with van der Waals surface area (Å²) in [6.07, 6.45) is 6.26. The second kappa shape index (κ2) is 6.98. The van der Waals surface area contributed by atoms with Gasteiger partial charge in [-0.1, -0.05) is 12.1 Å². The van der Waals surface area contributed by atoms with Gasteiger partial charge < -0.3 is 9.84 Å². The van der Waals surface area contributed by atoms with E-state index in [1.165, 1.54) is 6.08 Å². The van der Waals surface area contributed by atoms with Crippen LogP contribution in [0.5, 0.6) is 0 Å². The maximum absolute atomic E-state index is 11.1. The molecule has 102 valence electrons. The quantitative estimate of drug-likeness (QED) is 0.757. The molecular weight excluding hydrogens is 246 g/mol. The van der Waals surface area contributed by atoms with Crippen LogP contribution in [0.15, 0.2) is 36.7 Å². The number of nitrogens with zero attached hydrogens (tertiary/aromatic N) is 2. The maximum atomic E-state index is 11.1. The summed E-state index contributed by atoms with van der Waals surface area (Å²) in [4.78, 5) is 15.1. The molecule has 0 radical (unpaired) electrons. The first-order valence-corrected chi connectivity index (χ1v) is 6.14. The van der Waals surface area contributed by atoms with Gasteiger partial charge in [-0.3, -0.25) is 15.2 Å². The minimum atomic E-state index is -0.385. The van der Waals surface area contributed by atoms with Crippen LogP contribution in [0.2, 0.25) is 0 Å². The highest BCUT2D eigenvalue weighted by atomic mass is 16.5. The fourth-order valence-electron chi connectivity index (χ4n) is 1.80. The lowest BCUT2D eigenvalue weighted by molar-refractivity contribution is -0.122. The molecule has 0 saturated heterocycles. The van der Waals surface area contributed by atoms with Crippen LogP contribution in [0.3, 0.4) is 0 Å². The van der Waals surface area contributed by atoms with Crippen molar-refractivity contribution in [3.05, 3.63) is 42.2 Å². The Balaban J connectivity index is 1.78. The predicted octanol–water partition coefficient (Wildman–Crippen LogP) is 0.0346. The molecule has 6 nitrogen and oxygen atoms in total. The molecule has 1 unspecified atom stereocenters. The lowest BCUT2D eigenvalue weighted by atomic mass is 10.2. The zero-order valence-electron chi connectivity index (χ0n) is 10.5. The first kappa shape index (κ1) is 13.7. The zero-order chi connectivity index (χ0) is 13.5. The van der Waals surface area contributed by atoms with E-state index in [0.29, 0.717) is 19.7 Å². The molecule has 1 amide bonds. The molecule has 0 spiro atoms. The molecule has 2 heterocycles. The van der Waals surface area contributed by atoms with Gasteiger partial charge in [0.15, 0.2) is 0 Å². The topological polar surface area (TPSA) is 74.7 Å². The molecule has 19 heavy (non-hydrogen) atoms. The van der Waals surface area contributed by atoms with Crippen molar-refractivity contribution >= 4 is 5.91 Å². The van der Waals surface area contributed by atoms with Gasteiger partial charge in [0.05, 0.1) is 13.2 Å². The SMILES string of the molecule is O=C1C=CCN(CCOC(CO)c2cccnc2)N1. The van der Waals surface area contributed by atoms with Crippen LogP contribution >= 0.6 is 0 Å². The Kier molecular flexibility index (Phi) is 5.02. The van der Waals surface area contributed by atoms with Gasteiger partial charge in [0, 0.05) is 37.1 Å². The average molecular weight is 263 g/mol. The Labute approximate surface area is 111 Å². The molecule has 1 aliphatic rings. The molecule has 1 aromatic rings. The highest BCUT2D eigenvalue weighted by Gasteiger charge is 2.13. The smallest absolute Gasteiger partial charge is 0.258 e. The molecule has 1 aromatic heterocycles. The third kappa shape index (κ3) is 4.13. The number of amides is 1. The lowest BCUT2D eigenvalue weighted by Crippen LogP contribution is -2.45. The first-order chi connectivity index (χ1) is 9.29. The third-order valence-corrected chi connectivity index (χ3v) is 2.77. The van der Waals surface area contributed by atoms with Crippen molar-refractivity contribution in [2.24, 2.45) is 0 Å². The van der Waals surface area contributed by atoms with Gasteiger partial charge in [-0.2, -0.15) is 0 Å². The van der Waals surface area contributed by atoms with Crippen molar-refractivity contribution in [1.29, 1.82) is 0 Å². The minimum absolute atomic E-state index is 0.0993. The maximum Gasteiger partial charge on any atom is 0.258 e. The summed E-state index contributed by atoms with van der Waals surface area (Å²) < 4.78 is 5.61. The van der Waals surface area contributed by atoms with Gasteiger partial charge in [0.1, 0.15) is 6.10 Å². The van der Waals surface area contributed by atoms with Crippen LogP contribution in [0.1, 0.15) is 11.7 Å². The van der Waals surface area contributed by atoms with E-state index in [1.54, 1.807) is 29.5 Å². The summed E-state index contributed by atoms with van der Waals surface area (Å²) in [5.41, 5.74) is 3.54. The van der Waals surface area contributed by atoms with Crippen LogP contribution in [0, 0.1) is 0 Å². The Morgan fingerprint density at radius 2 is 2.47 bits per heavy atom. The first-order valence-electron chi connectivity index (χ1n) is 6.14. The Hall–Kier alpha value is -1.76. The predicted molar refractivity (Wildman–Crippen MR) is 68.9 cm³/mol. The average Bonchev–Trinajstić information content (AvgIpc) is 2.45. The van der Waals surface area contributed by atoms with Crippen molar-refractivity contribution in [2.45, 2.75) is 6.10 Å². The van der Waals surface area contributed by atoms with E-state index in [0.717, 1.165) is 5.56 Å². The molecule has 0 fully saturated rings. The lowest BCUT2D eigenvalue weighted by Gasteiger charge is -2.24. The molecule has 0 aliphatic carbocycles. The fraction of sp³-hybridized carbons (Fsp3) is 0.385. The number of ether oxygens (including phenoxy) is 1. The van der Waals surface area contributed by atoms with Crippen LogP contribution < -0.4 is 5.43 Å². The number of pyridine rings is 1. The molecule has 0 bridgehead atoms. The Morgan fingerprint density at radius 1 is 1.58 bits per heavy atom. The molecule has 6 heteroatoms. The van der Waals surface area contributed by atoms with Gasteiger partial charge in [-0.05, 0) is 6.07 Å². The summed E-state index contributed by atoms with van der Waals surface area (Å²) in [6, 6.07) is 3.66. The van der Waals surface area contributed by atoms with Crippen LogP contribution in [0.25, 0.3) is 0 Å². The molecule has 1 aliphatic heterocycles. The number of hydrogen-bond acceptors (Lipinski definition) is 5. The number of rotatable bonds is 6. The van der Waals surface area contributed by atoms with E-state index in [1.807, 2.05) is 6.07 Å². The van der Waals surface area contributed by atoms with Gasteiger partial charge >= 0.3 is 0 Å². The number of aromatic nitrogens is 1. The molecule has 0 saturated carbocycles. The van der Waals surface area contributed by atoms with Gasteiger partial charge in [0.25, 0.3) is 5.91 Å². The van der Waals surface area contributed by atoms with Gasteiger partial charge in [0.2, 0.25) is 0 Å². The van der Waals surface area contributed by atoms with E-state index < -0.39 is 0 Å². The van der Waals surface area contributed by atoms with E-state index in [9.17, 15) is 9.90 Å². The highest BCUT2D eigenvalue weighted by Crippen LogP contribution is 2.14. The van der Waals surface area contributed by atoms with Gasteiger partial charge in [-0.15, -0.1) is 0 Å². The summed E-state index contributed by atoms with van der Waals surface area (Å²) >= 11 is 0. The van der Waals surface area contributed by atoms with E-state index >= 15 is 0 Å². The third-order valence-electron chi connectivity index (χ3n) is 2.77. The van der Waals surface area contributed by atoms with E-state index in [-0.39, 0.29) is 18.6 Å². The number of carbonyl (C=O) groups excluding carboxylic acids is 1. The summed E-state index contributed by atoms with van der Waals surface area (Å²) in [5, 5.41) is 11.1. The van der Waals surface area contributed by atoms with Gasteiger partial charge in [-0.25, -0.2) is 5.01 Å². The summed E-state index contributed by atoms with van der Waals surface area (Å²) in [5.74, 6) is -0.128. The Bertz CT molecular complexity index is 436. The summed E-state index contributed by atoms with van der Waals surface area (Å²) in [6.45, 7) is 1.53. The molecule has 1 atom stereocenters. The normalized spacial score (nSPS) is 17.2. The molecular formula is C13H17N3O3. The van der Waals surface area contributed by atoms with Crippen molar-refractivity contribution in [3.8, 4) is 0 Å². The zero-order valence-corrected chi connectivity index (χ0v) is 10.5. The number of aliphatic hydroxyl groups excluding tert-OH is 1. The Morgan fingerprint density at radius 3 is 3.16 bits per heavy atom.